The van der Waals surface area contributed by atoms with Gasteiger partial charge in [0.25, 0.3) is 0 Å². The van der Waals surface area contributed by atoms with Gasteiger partial charge in [0, 0.05) is 19.7 Å². The molecule has 0 radical (unpaired) electrons. The molecule has 7 nitrogen and oxygen atoms in total. The lowest BCUT2D eigenvalue weighted by Gasteiger charge is -2.14. The SMILES string of the molecule is CN1OC(n2ccc(N)nc2=O)CC1CO. The van der Waals surface area contributed by atoms with Crippen LogP contribution in [0.3, 0.4) is 0 Å². The normalized spacial score (nSPS) is 26.1. The average molecular weight is 226 g/mol. The van der Waals surface area contributed by atoms with Gasteiger partial charge in [-0.15, -0.1) is 0 Å². The molecule has 88 valence electrons. The smallest absolute Gasteiger partial charge is 0.351 e. The van der Waals surface area contributed by atoms with E-state index in [1.807, 2.05) is 0 Å². The summed E-state index contributed by atoms with van der Waals surface area (Å²) in [6, 6.07) is 1.44. The Morgan fingerprint density at radius 3 is 3.06 bits per heavy atom. The van der Waals surface area contributed by atoms with Crippen molar-refractivity contribution in [3.8, 4) is 0 Å². The summed E-state index contributed by atoms with van der Waals surface area (Å²) >= 11 is 0. The average Bonchev–Trinajstić information content (AvgIpc) is 2.59. The summed E-state index contributed by atoms with van der Waals surface area (Å²) in [5.41, 5.74) is 4.94. The summed E-state index contributed by atoms with van der Waals surface area (Å²) in [4.78, 5) is 20.6. The lowest BCUT2D eigenvalue weighted by Crippen LogP contribution is -2.27. The van der Waals surface area contributed by atoms with Gasteiger partial charge >= 0.3 is 5.69 Å². The Kier molecular flexibility index (Phi) is 2.90. The Bertz CT molecular complexity index is 433. The topological polar surface area (TPSA) is 93.6 Å². The maximum Gasteiger partial charge on any atom is 0.351 e. The lowest BCUT2D eigenvalue weighted by molar-refractivity contribution is -0.170. The highest BCUT2D eigenvalue weighted by Gasteiger charge is 2.32. The summed E-state index contributed by atoms with van der Waals surface area (Å²) in [5, 5.41) is 10.6. The number of rotatable bonds is 2. The third kappa shape index (κ3) is 1.92. The molecule has 0 spiro atoms. The first-order valence-corrected chi connectivity index (χ1v) is 4.97. The van der Waals surface area contributed by atoms with E-state index in [-0.39, 0.29) is 18.5 Å². The van der Waals surface area contributed by atoms with E-state index >= 15 is 0 Å². The van der Waals surface area contributed by atoms with Crippen molar-refractivity contribution in [3.05, 3.63) is 22.7 Å². The van der Waals surface area contributed by atoms with E-state index in [1.54, 1.807) is 18.3 Å². The summed E-state index contributed by atoms with van der Waals surface area (Å²) in [5.74, 6) is 0.186. The fraction of sp³-hybridized carbons (Fsp3) is 0.556. The van der Waals surface area contributed by atoms with Crippen LogP contribution < -0.4 is 11.4 Å². The molecular weight excluding hydrogens is 212 g/mol. The highest BCUT2D eigenvalue weighted by Crippen LogP contribution is 2.25. The number of nitrogens with two attached hydrogens (primary N) is 1. The number of anilines is 1. The van der Waals surface area contributed by atoms with Crippen LogP contribution in [-0.4, -0.2) is 39.4 Å². The van der Waals surface area contributed by atoms with Gasteiger partial charge in [-0.2, -0.15) is 10.0 Å². The molecule has 1 aromatic rings. The Labute approximate surface area is 92.0 Å². The molecule has 2 rings (SSSR count). The molecule has 0 saturated carbocycles. The molecule has 2 heterocycles. The molecule has 0 amide bonds. The minimum absolute atomic E-state index is 0.00977. The number of aromatic nitrogens is 2. The molecule has 16 heavy (non-hydrogen) atoms. The Hall–Kier alpha value is -1.44. The third-order valence-electron chi connectivity index (χ3n) is 2.65. The van der Waals surface area contributed by atoms with Crippen molar-refractivity contribution in [2.75, 3.05) is 19.4 Å². The van der Waals surface area contributed by atoms with Gasteiger partial charge in [0.1, 0.15) is 5.82 Å². The molecule has 1 aliphatic heterocycles. The highest BCUT2D eigenvalue weighted by atomic mass is 16.7. The summed E-state index contributed by atoms with van der Waals surface area (Å²) in [6.07, 6.45) is 1.66. The van der Waals surface area contributed by atoms with E-state index in [0.29, 0.717) is 6.42 Å². The largest absolute Gasteiger partial charge is 0.395 e. The van der Waals surface area contributed by atoms with Crippen molar-refractivity contribution in [2.45, 2.75) is 18.7 Å². The van der Waals surface area contributed by atoms with Crippen LogP contribution in [0.15, 0.2) is 17.1 Å². The van der Waals surface area contributed by atoms with Gasteiger partial charge < -0.3 is 10.8 Å². The minimum Gasteiger partial charge on any atom is -0.395 e. The monoisotopic (exact) mass is 226 g/mol. The van der Waals surface area contributed by atoms with Gasteiger partial charge in [-0.3, -0.25) is 9.40 Å². The summed E-state index contributed by atoms with van der Waals surface area (Å²) < 4.78 is 1.36. The van der Waals surface area contributed by atoms with E-state index in [1.165, 1.54) is 10.6 Å². The standard InChI is InChI=1S/C9H14N4O3/c1-12-6(5-14)4-8(16-12)13-3-2-7(10)11-9(13)15/h2-3,6,8,14H,4-5H2,1H3,(H2,10,11,15). The molecule has 1 aliphatic rings. The highest BCUT2D eigenvalue weighted by molar-refractivity contribution is 5.23. The van der Waals surface area contributed by atoms with Crippen LogP contribution in [0.4, 0.5) is 5.82 Å². The van der Waals surface area contributed by atoms with Crippen molar-refractivity contribution < 1.29 is 9.94 Å². The van der Waals surface area contributed by atoms with Crippen LogP contribution in [0.1, 0.15) is 12.6 Å². The number of likely N-dealkylation sites (N-methyl/N-ethyl adjacent to an activating group) is 1. The zero-order chi connectivity index (χ0) is 11.7. The van der Waals surface area contributed by atoms with Gasteiger partial charge in [-0.1, -0.05) is 0 Å². The molecule has 0 aliphatic carbocycles. The molecule has 0 aromatic carbocycles. The van der Waals surface area contributed by atoms with Crippen molar-refractivity contribution >= 4 is 5.82 Å². The predicted molar refractivity (Wildman–Crippen MR) is 56.3 cm³/mol. The number of hydrogen-bond donors (Lipinski definition) is 2. The number of hydrogen-bond acceptors (Lipinski definition) is 6. The Balaban J connectivity index is 2.23. The van der Waals surface area contributed by atoms with Crippen LogP contribution in [0, 0.1) is 0 Å². The van der Waals surface area contributed by atoms with E-state index in [4.69, 9.17) is 15.7 Å². The second-order valence-electron chi connectivity index (χ2n) is 3.72. The number of nitrogen functional groups attached to an aromatic ring is 1. The van der Waals surface area contributed by atoms with E-state index < -0.39 is 11.9 Å². The first-order chi connectivity index (χ1) is 7.61. The maximum absolute atomic E-state index is 11.5. The zero-order valence-corrected chi connectivity index (χ0v) is 8.91. The quantitative estimate of drug-likeness (QED) is 0.668. The molecule has 2 atom stereocenters. The minimum atomic E-state index is -0.447. The summed E-state index contributed by atoms with van der Waals surface area (Å²) in [6.45, 7) is -0.00977. The number of hydroxylamine groups is 2. The van der Waals surface area contributed by atoms with Crippen molar-refractivity contribution in [1.82, 2.24) is 14.6 Å². The van der Waals surface area contributed by atoms with Crippen LogP contribution in [0.5, 0.6) is 0 Å². The molecule has 7 heteroatoms. The number of nitrogens with zero attached hydrogens (tertiary/aromatic N) is 3. The van der Waals surface area contributed by atoms with Crippen LogP contribution in [0.25, 0.3) is 0 Å². The third-order valence-corrected chi connectivity index (χ3v) is 2.65. The van der Waals surface area contributed by atoms with Gasteiger partial charge in [-0.05, 0) is 6.07 Å². The van der Waals surface area contributed by atoms with Crippen LogP contribution in [0.2, 0.25) is 0 Å². The second kappa shape index (κ2) is 4.20. The lowest BCUT2D eigenvalue weighted by atomic mass is 10.2. The first kappa shape index (κ1) is 11.1. The van der Waals surface area contributed by atoms with E-state index in [0.717, 1.165) is 0 Å². The Morgan fingerprint density at radius 2 is 2.50 bits per heavy atom. The number of aliphatic hydroxyl groups is 1. The molecule has 2 unspecified atom stereocenters. The predicted octanol–water partition coefficient (Wildman–Crippen LogP) is -1.05. The van der Waals surface area contributed by atoms with Gasteiger partial charge in [0.15, 0.2) is 6.23 Å². The second-order valence-corrected chi connectivity index (χ2v) is 3.72. The maximum atomic E-state index is 11.5. The van der Waals surface area contributed by atoms with Crippen LogP contribution >= 0.6 is 0 Å². The van der Waals surface area contributed by atoms with E-state index in [9.17, 15) is 4.79 Å². The molecular formula is C9H14N4O3. The fourth-order valence-electron chi connectivity index (χ4n) is 1.70. The fourth-order valence-corrected chi connectivity index (χ4v) is 1.70. The molecule has 1 fully saturated rings. The molecule has 3 N–H and O–H groups in total. The molecule has 1 saturated heterocycles. The van der Waals surface area contributed by atoms with Crippen molar-refractivity contribution in [1.29, 1.82) is 0 Å². The van der Waals surface area contributed by atoms with E-state index in [2.05, 4.69) is 4.98 Å². The number of aliphatic hydroxyl groups excluding tert-OH is 1. The van der Waals surface area contributed by atoms with Crippen molar-refractivity contribution in [3.63, 3.8) is 0 Å². The Morgan fingerprint density at radius 1 is 1.75 bits per heavy atom. The van der Waals surface area contributed by atoms with Crippen molar-refractivity contribution in [2.24, 2.45) is 0 Å². The van der Waals surface area contributed by atoms with Crippen LogP contribution in [-0.2, 0) is 4.84 Å². The molecule has 0 bridgehead atoms. The molecule has 1 aromatic heterocycles. The van der Waals surface area contributed by atoms with Gasteiger partial charge in [-0.25, -0.2) is 4.79 Å². The zero-order valence-electron chi connectivity index (χ0n) is 8.91. The van der Waals surface area contributed by atoms with Gasteiger partial charge in [0.2, 0.25) is 0 Å². The van der Waals surface area contributed by atoms with Gasteiger partial charge in [0.05, 0.1) is 12.6 Å². The first-order valence-electron chi connectivity index (χ1n) is 4.97. The summed E-state index contributed by atoms with van der Waals surface area (Å²) in [7, 11) is 1.72.